The van der Waals surface area contributed by atoms with Crippen LogP contribution in [0.2, 0.25) is 0 Å². The summed E-state index contributed by atoms with van der Waals surface area (Å²) in [5.74, 6) is 2.85. The van der Waals surface area contributed by atoms with Gasteiger partial charge in [0.2, 0.25) is 11.8 Å². The minimum absolute atomic E-state index is 0.0426. The van der Waals surface area contributed by atoms with E-state index in [1.165, 1.54) is 0 Å². The fourth-order valence-electron chi connectivity index (χ4n) is 4.80. The molecule has 2 heterocycles. The number of rotatable bonds is 12. The minimum atomic E-state index is -0.0426. The lowest BCUT2D eigenvalue weighted by molar-refractivity contribution is -0.117. The third-order valence-corrected chi connectivity index (χ3v) is 7.05. The molecular weight excluding hydrogens is 548 g/mol. The quantitative estimate of drug-likeness (QED) is 0.228. The molecule has 5 rings (SSSR count). The molecule has 10 heteroatoms. The van der Waals surface area contributed by atoms with Crippen molar-refractivity contribution in [2.75, 3.05) is 57.8 Å². The van der Waals surface area contributed by atoms with Gasteiger partial charge in [-0.25, -0.2) is 4.98 Å². The number of aryl methyl sites for hydroxylation is 1. The standard InChI is InChI=1S/C33H36N4O6/c1-22-5-10-30(31(15-22)41-4)43-32-24(19-27(38)16-23-17-28(39-2)20-29(18-23)40-3)21-34-33(36-32)35-25-6-8-26(9-7-25)37-11-13-42-14-12-37/h5-10,15,17-18,20-21H,11-14,16,19H2,1-4H3,(H,34,35,36). The maximum absolute atomic E-state index is 13.2. The van der Waals surface area contributed by atoms with Crippen molar-refractivity contribution in [2.24, 2.45) is 0 Å². The number of nitrogens with one attached hydrogen (secondary N) is 1. The van der Waals surface area contributed by atoms with Crippen LogP contribution in [0.1, 0.15) is 16.7 Å². The van der Waals surface area contributed by atoms with Crippen LogP contribution in [0, 0.1) is 6.92 Å². The van der Waals surface area contributed by atoms with Gasteiger partial charge in [-0.05, 0) is 66.6 Å². The van der Waals surface area contributed by atoms with Crippen LogP contribution in [0.5, 0.6) is 28.9 Å². The van der Waals surface area contributed by atoms with Gasteiger partial charge in [0.05, 0.1) is 34.5 Å². The first-order valence-corrected chi connectivity index (χ1v) is 14.1. The minimum Gasteiger partial charge on any atom is -0.497 e. The van der Waals surface area contributed by atoms with Gasteiger partial charge in [0.25, 0.3) is 0 Å². The molecule has 3 aromatic carbocycles. The molecule has 224 valence electrons. The summed E-state index contributed by atoms with van der Waals surface area (Å²) in [7, 11) is 4.74. The van der Waals surface area contributed by atoms with Crippen molar-refractivity contribution in [3.8, 4) is 28.9 Å². The number of aromatic nitrogens is 2. The average molecular weight is 585 g/mol. The zero-order valence-corrected chi connectivity index (χ0v) is 24.9. The summed E-state index contributed by atoms with van der Waals surface area (Å²) in [6.45, 7) is 5.16. The maximum atomic E-state index is 13.2. The lowest BCUT2D eigenvalue weighted by atomic mass is 10.0. The Hall–Kier alpha value is -4.83. The Bertz CT molecular complexity index is 1530. The van der Waals surface area contributed by atoms with Crippen LogP contribution in [-0.4, -0.2) is 63.4 Å². The van der Waals surface area contributed by atoms with E-state index in [-0.39, 0.29) is 24.5 Å². The van der Waals surface area contributed by atoms with E-state index in [9.17, 15) is 4.79 Å². The molecule has 0 unspecified atom stereocenters. The Morgan fingerprint density at radius 3 is 2.28 bits per heavy atom. The molecule has 1 fully saturated rings. The highest BCUT2D eigenvalue weighted by molar-refractivity contribution is 5.83. The summed E-state index contributed by atoms with van der Waals surface area (Å²) in [6.07, 6.45) is 1.87. The molecule has 1 aromatic heterocycles. The Kier molecular flexibility index (Phi) is 9.58. The molecule has 0 bridgehead atoms. The number of ether oxygens (including phenoxy) is 5. The molecule has 0 amide bonds. The molecule has 1 saturated heterocycles. The monoisotopic (exact) mass is 584 g/mol. The Morgan fingerprint density at radius 1 is 0.884 bits per heavy atom. The third-order valence-electron chi connectivity index (χ3n) is 7.05. The Balaban J connectivity index is 1.38. The van der Waals surface area contributed by atoms with E-state index >= 15 is 0 Å². The molecule has 0 aliphatic carbocycles. The van der Waals surface area contributed by atoms with Crippen molar-refractivity contribution < 1.29 is 28.5 Å². The predicted molar refractivity (Wildman–Crippen MR) is 165 cm³/mol. The number of methoxy groups -OCH3 is 3. The SMILES string of the molecule is COc1cc(CC(=O)Cc2cnc(Nc3ccc(N4CCOCC4)cc3)nc2Oc2ccc(C)cc2OC)cc(OC)c1. The van der Waals surface area contributed by atoms with Gasteiger partial charge in [0.1, 0.15) is 17.3 Å². The molecule has 1 aliphatic rings. The van der Waals surface area contributed by atoms with Crippen LogP contribution in [-0.2, 0) is 22.4 Å². The van der Waals surface area contributed by atoms with Gasteiger partial charge in [-0.1, -0.05) is 6.07 Å². The number of morpholine rings is 1. The van der Waals surface area contributed by atoms with Gasteiger partial charge in [0.15, 0.2) is 11.5 Å². The number of anilines is 3. The topological polar surface area (TPSA) is 104 Å². The number of hydrogen-bond donors (Lipinski definition) is 1. The number of ketones is 1. The summed E-state index contributed by atoms with van der Waals surface area (Å²) in [5, 5.41) is 3.25. The van der Waals surface area contributed by atoms with Gasteiger partial charge in [-0.3, -0.25) is 4.79 Å². The van der Waals surface area contributed by atoms with E-state index in [1.807, 2.05) is 49.4 Å². The zero-order chi connectivity index (χ0) is 30.2. The fraction of sp³-hybridized carbons (Fsp3) is 0.303. The average Bonchev–Trinajstić information content (AvgIpc) is 3.03. The Morgan fingerprint density at radius 2 is 1.60 bits per heavy atom. The molecular formula is C33H36N4O6. The lowest BCUT2D eigenvalue weighted by Gasteiger charge is -2.28. The second-order valence-electron chi connectivity index (χ2n) is 10.2. The molecule has 0 atom stereocenters. The van der Waals surface area contributed by atoms with Crippen LogP contribution < -0.4 is 29.2 Å². The predicted octanol–water partition coefficient (Wildman–Crippen LogP) is 5.54. The van der Waals surface area contributed by atoms with Crippen molar-refractivity contribution >= 4 is 23.1 Å². The number of carbonyl (C=O) groups is 1. The second kappa shape index (κ2) is 13.9. The zero-order valence-electron chi connectivity index (χ0n) is 24.9. The molecule has 0 spiro atoms. The lowest BCUT2D eigenvalue weighted by Crippen LogP contribution is -2.36. The highest BCUT2D eigenvalue weighted by Gasteiger charge is 2.18. The number of carbonyl (C=O) groups excluding carboxylic acids is 1. The van der Waals surface area contributed by atoms with E-state index < -0.39 is 0 Å². The van der Waals surface area contributed by atoms with Gasteiger partial charge in [0, 0.05) is 55.1 Å². The second-order valence-corrected chi connectivity index (χ2v) is 10.2. The van der Waals surface area contributed by atoms with Crippen LogP contribution in [0.15, 0.2) is 66.9 Å². The van der Waals surface area contributed by atoms with Crippen molar-refractivity contribution in [3.63, 3.8) is 0 Å². The third kappa shape index (κ3) is 7.72. The summed E-state index contributed by atoms with van der Waals surface area (Å²) < 4.78 is 28.0. The van der Waals surface area contributed by atoms with E-state index in [2.05, 4.69) is 32.3 Å². The summed E-state index contributed by atoms with van der Waals surface area (Å²) in [6, 6.07) is 19.1. The van der Waals surface area contributed by atoms with Crippen molar-refractivity contribution in [3.05, 3.63) is 83.6 Å². The van der Waals surface area contributed by atoms with Gasteiger partial charge in [-0.2, -0.15) is 4.98 Å². The molecule has 43 heavy (non-hydrogen) atoms. The van der Waals surface area contributed by atoms with Crippen LogP contribution in [0.3, 0.4) is 0 Å². The first-order valence-electron chi connectivity index (χ1n) is 14.1. The van der Waals surface area contributed by atoms with Crippen LogP contribution >= 0.6 is 0 Å². The number of benzene rings is 3. The number of nitrogens with zero attached hydrogens (tertiary/aromatic N) is 3. The van der Waals surface area contributed by atoms with Crippen molar-refractivity contribution in [1.82, 2.24) is 9.97 Å². The largest absolute Gasteiger partial charge is 0.497 e. The highest BCUT2D eigenvalue weighted by Crippen LogP contribution is 2.34. The first kappa shape index (κ1) is 29.7. The smallest absolute Gasteiger partial charge is 0.230 e. The van der Waals surface area contributed by atoms with Gasteiger partial charge >= 0.3 is 0 Å². The first-order chi connectivity index (χ1) is 20.9. The van der Waals surface area contributed by atoms with Crippen LogP contribution in [0.4, 0.5) is 17.3 Å². The summed E-state index contributed by atoms with van der Waals surface area (Å²) >= 11 is 0. The van der Waals surface area contributed by atoms with E-state index in [0.717, 1.165) is 48.8 Å². The van der Waals surface area contributed by atoms with Gasteiger partial charge in [-0.15, -0.1) is 0 Å². The van der Waals surface area contributed by atoms with E-state index in [4.69, 9.17) is 23.7 Å². The van der Waals surface area contributed by atoms with Crippen LogP contribution in [0.25, 0.3) is 0 Å². The van der Waals surface area contributed by atoms with Crippen molar-refractivity contribution in [2.45, 2.75) is 19.8 Å². The summed E-state index contributed by atoms with van der Waals surface area (Å²) in [5.41, 5.74) is 4.32. The highest BCUT2D eigenvalue weighted by atomic mass is 16.5. The fourth-order valence-corrected chi connectivity index (χ4v) is 4.80. The molecule has 4 aromatic rings. The maximum Gasteiger partial charge on any atom is 0.230 e. The molecule has 1 aliphatic heterocycles. The molecule has 0 saturated carbocycles. The van der Waals surface area contributed by atoms with E-state index in [0.29, 0.717) is 34.5 Å². The molecule has 1 N–H and O–H groups in total. The Labute approximate surface area is 251 Å². The number of Topliss-reactive ketones (excluding diaryl/α,β-unsaturated/α-hetero) is 1. The molecule has 10 nitrogen and oxygen atoms in total. The van der Waals surface area contributed by atoms with Gasteiger partial charge < -0.3 is 33.9 Å². The number of hydrogen-bond acceptors (Lipinski definition) is 10. The summed E-state index contributed by atoms with van der Waals surface area (Å²) in [4.78, 5) is 24.7. The normalized spacial score (nSPS) is 12.9. The van der Waals surface area contributed by atoms with Crippen molar-refractivity contribution in [1.29, 1.82) is 0 Å². The molecule has 0 radical (unpaired) electrons. The van der Waals surface area contributed by atoms with E-state index in [1.54, 1.807) is 33.6 Å².